The number of fused-ring (bicyclic) bond motifs is 1. The van der Waals surface area contributed by atoms with Gasteiger partial charge < -0.3 is 0 Å². The van der Waals surface area contributed by atoms with Crippen molar-refractivity contribution in [3.63, 3.8) is 0 Å². The fraction of sp³-hybridized carbons (Fsp3) is 0.455. The number of nitrogens with zero attached hydrogens (tertiary/aromatic N) is 2. The minimum Gasteiger partial charge on any atom is -0.268 e. The molecule has 0 aliphatic carbocycles. The summed E-state index contributed by atoms with van der Waals surface area (Å²) in [6, 6.07) is 3.66. The van der Waals surface area contributed by atoms with E-state index in [1.165, 1.54) is 24.4 Å². The van der Waals surface area contributed by atoms with Crippen molar-refractivity contribution in [3.05, 3.63) is 28.7 Å². The lowest BCUT2D eigenvalue weighted by Gasteiger charge is -1.97. The third-order valence-corrected chi connectivity index (χ3v) is 3.46. The van der Waals surface area contributed by atoms with Crippen molar-refractivity contribution >= 4 is 21.7 Å². The average molecular weight is 222 g/mol. The third-order valence-electron chi connectivity index (χ3n) is 2.39. The van der Waals surface area contributed by atoms with E-state index in [1.807, 2.05) is 16.1 Å². The Hall–Kier alpha value is -1.16. The van der Waals surface area contributed by atoms with Gasteiger partial charge in [0.15, 0.2) is 0 Å². The first-order valence-corrected chi connectivity index (χ1v) is 6.05. The van der Waals surface area contributed by atoms with Crippen LogP contribution in [-0.4, -0.2) is 8.94 Å². The molecule has 0 saturated heterocycles. The lowest BCUT2D eigenvalue weighted by atomic mass is 10.2. The Morgan fingerprint density at radius 3 is 3.07 bits per heavy atom. The van der Waals surface area contributed by atoms with Crippen molar-refractivity contribution in [3.8, 4) is 0 Å². The van der Waals surface area contributed by atoms with Gasteiger partial charge in [0.05, 0.1) is 5.39 Å². The summed E-state index contributed by atoms with van der Waals surface area (Å²) < 4.78 is 1.81. The highest BCUT2D eigenvalue weighted by atomic mass is 32.1. The monoisotopic (exact) mass is 222 g/mol. The van der Waals surface area contributed by atoms with Gasteiger partial charge in [-0.25, -0.2) is 4.98 Å². The molecule has 2 aromatic heterocycles. The maximum Gasteiger partial charge on any atom is 0.270 e. The number of rotatable bonds is 4. The molecule has 80 valence electrons. The molecule has 0 saturated carbocycles. The first kappa shape index (κ1) is 10.4. The van der Waals surface area contributed by atoms with Gasteiger partial charge in [-0.15, -0.1) is 0 Å². The molecular weight excluding hydrogens is 208 g/mol. The van der Waals surface area contributed by atoms with E-state index in [4.69, 9.17) is 0 Å². The zero-order valence-electron chi connectivity index (χ0n) is 8.77. The number of pyridine rings is 1. The Morgan fingerprint density at radius 2 is 2.33 bits per heavy atom. The van der Waals surface area contributed by atoms with Crippen LogP contribution in [0.4, 0.5) is 0 Å². The van der Waals surface area contributed by atoms with Crippen LogP contribution in [-0.2, 0) is 6.54 Å². The Morgan fingerprint density at radius 1 is 1.47 bits per heavy atom. The minimum absolute atomic E-state index is 0.110. The number of hydrogen-bond donors (Lipinski definition) is 0. The van der Waals surface area contributed by atoms with Crippen LogP contribution in [0.5, 0.6) is 0 Å². The second-order valence-electron chi connectivity index (χ2n) is 3.56. The van der Waals surface area contributed by atoms with E-state index in [0.717, 1.165) is 23.2 Å². The first-order chi connectivity index (χ1) is 7.33. The molecule has 4 heteroatoms. The molecule has 0 aliphatic heterocycles. The summed E-state index contributed by atoms with van der Waals surface area (Å²) in [6.45, 7) is 2.99. The predicted molar refractivity (Wildman–Crippen MR) is 63.4 cm³/mol. The lowest BCUT2D eigenvalue weighted by Crippen LogP contribution is -2.12. The van der Waals surface area contributed by atoms with E-state index in [9.17, 15) is 4.79 Å². The van der Waals surface area contributed by atoms with Crippen molar-refractivity contribution in [2.24, 2.45) is 0 Å². The van der Waals surface area contributed by atoms with Gasteiger partial charge in [0.2, 0.25) is 0 Å². The van der Waals surface area contributed by atoms with Crippen LogP contribution < -0.4 is 5.56 Å². The Balaban J connectivity index is 2.28. The molecule has 0 atom stereocenters. The van der Waals surface area contributed by atoms with Gasteiger partial charge in [-0.2, -0.15) is 0 Å². The van der Waals surface area contributed by atoms with E-state index in [0.29, 0.717) is 0 Å². The largest absolute Gasteiger partial charge is 0.270 e. The number of aromatic nitrogens is 2. The van der Waals surface area contributed by atoms with Crippen LogP contribution in [0.3, 0.4) is 0 Å². The molecule has 0 spiro atoms. The summed E-state index contributed by atoms with van der Waals surface area (Å²) in [4.78, 5) is 16.9. The molecular formula is C11H14N2OS. The smallest absolute Gasteiger partial charge is 0.268 e. The SMILES string of the molecule is CCCCCn1sc2ncccc2c1=O. The van der Waals surface area contributed by atoms with Crippen LogP contribution >= 0.6 is 11.5 Å². The molecule has 0 unspecified atom stereocenters. The second-order valence-corrected chi connectivity index (χ2v) is 4.57. The topological polar surface area (TPSA) is 34.9 Å². The zero-order valence-corrected chi connectivity index (χ0v) is 9.59. The van der Waals surface area contributed by atoms with Crippen molar-refractivity contribution < 1.29 is 0 Å². The van der Waals surface area contributed by atoms with Crippen molar-refractivity contribution in [1.29, 1.82) is 0 Å². The number of unbranched alkanes of at least 4 members (excludes halogenated alkanes) is 2. The van der Waals surface area contributed by atoms with E-state index < -0.39 is 0 Å². The fourth-order valence-electron chi connectivity index (χ4n) is 1.56. The molecule has 0 aromatic carbocycles. The van der Waals surface area contributed by atoms with Crippen LogP contribution in [0.15, 0.2) is 23.1 Å². The van der Waals surface area contributed by atoms with Crippen LogP contribution in [0.1, 0.15) is 26.2 Å². The number of aryl methyl sites for hydroxylation is 1. The second kappa shape index (κ2) is 4.57. The van der Waals surface area contributed by atoms with Gasteiger partial charge in [-0.05, 0) is 30.1 Å². The van der Waals surface area contributed by atoms with Gasteiger partial charge >= 0.3 is 0 Å². The molecule has 0 fully saturated rings. The van der Waals surface area contributed by atoms with E-state index >= 15 is 0 Å². The molecule has 0 N–H and O–H groups in total. The van der Waals surface area contributed by atoms with Gasteiger partial charge in [-0.3, -0.25) is 8.75 Å². The van der Waals surface area contributed by atoms with Crippen LogP contribution in [0.25, 0.3) is 10.2 Å². The molecule has 2 rings (SSSR count). The van der Waals surface area contributed by atoms with Gasteiger partial charge in [0, 0.05) is 12.7 Å². The maximum atomic E-state index is 11.9. The fourth-order valence-corrected chi connectivity index (χ4v) is 2.53. The van der Waals surface area contributed by atoms with Crippen LogP contribution in [0.2, 0.25) is 0 Å². The standard InChI is InChI=1S/C11H14N2OS/c1-2-3-4-8-13-11(14)9-6-5-7-12-10(9)15-13/h5-7H,2-4,8H2,1H3. The summed E-state index contributed by atoms with van der Waals surface area (Å²) >= 11 is 1.47. The third kappa shape index (κ3) is 2.09. The molecule has 3 nitrogen and oxygen atoms in total. The summed E-state index contributed by atoms with van der Waals surface area (Å²) in [5.74, 6) is 0. The predicted octanol–water partition coefficient (Wildman–Crippen LogP) is 2.65. The molecule has 15 heavy (non-hydrogen) atoms. The van der Waals surface area contributed by atoms with E-state index in [1.54, 1.807) is 6.20 Å². The summed E-state index contributed by atoms with van der Waals surface area (Å²) in [5, 5.41) is 0.749. The average Bonchev–Trinajstić information content (AvgIpc) is 2.57. The van der Waals surface area contributed by atoms with Crippen molar-refractivity contribution in [1.82, 2.24) is 8.94 Å². The highest BCUT2D eigenvalue weighted by Crippen LogP contribution is 2.13. The summed E-state index contributed by atoms with van der Waals surface area (Å²) in [5.41, 5.74) is 0.110. The molecule has 0 amide bonds. The molecule has 0 bridgehead atoms. The number of hydrogen-bond acceptors (Lipinski definition) is 3. The van der Waals surface area contributed by atoms with E-state index in [2.05, 4.69) is 11.9 Å². The van der Waals surface area contributed by atoms with Crippen LogP contribution in [0, 0.1) is 0 Å². The Bertz CT molecular complexity index is 501. The highest BCUT2D eigenvalue weighted by molar-refractivity contribution is 7.13. The quantitative estimate of drug-likeness (QED) is 0.745. The van der Waals surface area contributed by atoms with Gasteiger partial charge in [-0.1, -0.05) is 19.8 Å². The van der Waals surface area contributed by atoms with Crippen molar-refractivity contribution in [2.45, 2.75) is 32.7 Å². The molecule has 0 radical (unpaired) electrons. The van der Waals surface area contributed by atoms with Crippen molar-refractivity contribution in [2.75, 3.05) is 0 Å². The van der Waals surface area contributed by atoms with E-state index in [-0.39, 0.29) is 5.56 Å². The normalized spacial score (nSPS) is 11.0. The Kier molecular flexibility index (Phi) is 3.16. The highest BCUT2D eigenvalue weighted by Gasteiger charge is 2.06. The van der Waals surface area contributed by atoms with Gasteiger partial charge in [0.1, 0.15) is 4.83 Å². The molecule has 2 heterocycles. The molecule has 0 aliphatic rings. The summed E-state index contributed by atoms with van der Waals surface area (Å²) in [7, 11) is 0. The first-order valence-electron chi connectivity index (χ1n) is 5.27. The minimum atomic E-state index is 0.110. The molecule has 2 aromatic rings. The van der Waals surface area contributed by atoms with Gasteiger partial charge in [0.25, 0.3) is 5.56 Å². The zero-order chi connectivity index (χ0) is 10.7. The summed E-state index contributed by atoms with van der Waals surface area (Å²) in [6.07, 6.45) is 5.16. The lowest BCUT2D eigenvalue weighted by molar-refractivity contribution is 0.624. The Labute approximate surface area is 92.5 Å². The maximum absolute atomic E-state index is 11.9.